The van der Waals surface area contributed by atoms with E-state index in [4.69, 9.17) is 9.72 Å². The average Bonchev–Trinajstić information content (AvgIpc) is 3.48. The summed E-state index contributed by atoms with van der Waals surface area (Å²) in [5.41, 5.74) is 6.43. The Morgan fingerprint density at radius 2 is 1.86 bits per heavy atom. The summed E-state index contributed by atoms with van der Waals surface area (Å²) in [6.07, 6.45) is 3.95. The lowest BCUT2D eigenvalue weighted by atomic mass is 9.89. The first-order valence-corrected chi connectivity index (χ1v) is 12.4. The number of pyridine rings is 1. The van der Waals surface area contributed by atoms with Crippen LogP contribution in [0.5, 0.6) is 5.75 Å². The predicted octanol–water partition coefficient (Wildman–Crippen LogP) is 5.45. The lowest BCUT2D eigenvalue weighted by Crippen LogP contribution is -2.38. The number of nitrogens with zero attached hydrogens (tertiary/aromatic N) is 4. The second kappa shape index (κ2) is 8.82. The van der Waals surface area contributed by atoms with Crippen molar-refractivity contribution in [3.05, 3.63) is 77.6 Å². The van der Waals surface area contributed by atoms with E-state index in [-0.39, 0.29) is 5.91 Å². The summed E-state index contributed by atoms with van der Waals surface area (Å²) in [4.78, 5) is 24.1. The monoisotopic (exact) mass is 479 g/mol. The van der Waals surface area contributed by atoms with Crippen molar-refractivity contribution in [2.24, 2.45) is 7.05 Å². The van der Waals surface area contributed by atoms with Crippen molar-refractivity contribution in [1.82, 2.24) is 24.6 Å². The summed E-state index contributed by atoms with van der Waals surface area (Å²) in [5.74, 6) is 1.31. The van der Waals surface area contributed by atoms with Crippen molar-refractivity contribution in [2.75, 3.05) is 20.2 Å². The summed E-state index contributed by atoms with van der Waals surface area (Å²) < 4.78 is 7.21. The Morgan fingerprint density at radius 1 is 1.08 bits per heavy atom. The Bertz CT molecular complexity index is 1580. The van der Waals surface area contributed by atoms with Gasteiger partial charge in [-0.1, -0.05) is 30.3 Å². The van der Waals surface area contributed by atoms with E-state index >= 15 is 0 Å². The minimum Gasteiger partial charge on any atom is -0.497 e. The quantitative estimate of drug-likeness (QED) is 0.372. The molecule has 1 saturated heterocycles. The van der Waals surface area contributed by atoms with E-state index in [9.17, 15) is 4.79 Å². The van der Waals surface area contributed by atoms with Gasteiger partial charge >= 0.3 is 0 Å². The molecule has 0 atom stereocenters. The fraction of sp³-hybridized carbons (Fsp3) is 0.276. The highest BCUT2D eigenvalue weighted by Gasteiger charge is 2.28. The lowest BCUT2D eigenvalue weighted by Gasteiger charge is -2.32. The maximum Gasteiger partial charge on any atom is 0.254 e. The van der Waals surface area contributed by atoms with E-state index in [1.165, 1.54) is 10.9 Å². The minimum absolute atomic E-state index is 0.0507. The molecule has 0 saturated carbocycles. The van der Waals surface area contributed by atoms with E-state index in [1.54, 1.807) is 11.8 Å². The second-order valence-corrected chi connectivity index (χ2v) is 9.55. The summed E-state index contributed by atoms with van der Waals surface area (Å²) in [6.45, 7) is 3.37. The van der Waals surface area contributed by atoms with E-state index in [0.717, 1.165) is 52.1 Å². The number of fused-ring (bicyclic) bond motifs is 2. The van der Waals surface area contributed by atoms with E-state index in [1.807, 2.05) is 61.3 Å². The Kier molecular flexibility index (Phi) is 5.48. The maximum absolute atomic E-state index is 13.9. The minimum atomic E-state index is 0.0507. The van der Waals surface area contributed by atoms with Gasteiger partial charge in [-0.2, -0.15) is 5.10 Å². The van der Waals surface area contributed by atoms with Gasteiger partial charge in [0, 0.05) is 42.8 Å². The zero-order valence-corrected chi connectivity index (χ0v) is 20.8. The molecule has 0 aliphatic carbocycles. The fourth-order valence-electron chi connectivity index (χ4n) is 5.52. The molecule has 1 fully saturated rings. The number of methoxy groups -OCH3 is 1. The molecule has 2 aromatic carbocycles. The molecular formula is C29H29N5O2. The third kappa shape index (κ3) is 3.71. The molecule has 0 spiro atoms. The number of likely N-dealkylation sites (tertiary alicyclic amines) is 1. The molecule has 7 nitrogen and oxygen atoms in total. The first-order chi connectivity index (χ1) is 17.5. The highest BCUT2D eigenvalue weighted by Crippen LogP contribution is 2.36. The van der Waals surface area contributed by atoms with Crippen LogP contribution in [0.3, 0.4) is 0 Å². The van der Waals surface area contributed by atoms with Gasteiger partial charge in [-0.15, -0.1) is 0 Å². The molecule has 0 radical (unpaired) electrons. The van der Waals surface area contributed by atoms with Crippen molar-refractivity contribution in [2.45, 2.75) is 25.7 Å². The molecular weight excluding hydrogens is 450 g/mol. The maximum atomic E-state index is 13.9. The van der Waals surface area contributed by atoms with Crippen molar-refractivity contribution >= 4 is 27.8 Å². The van der Waals surface area contributed by atoms with Crippen LogP contribution >= 0.6 is 0 Å². The molecule has 1 aliphatic rings. The van der Waals surface area contributed by atoms with Gasteiger partial charge in [0.05, 0.1) is 29.4 Å². The molecule has 0 bridgehead atoms. The van der Waals surface area contributed by atoms with Crippen LogP contribution in [0.2, 0.25) is 0 Å². The molecule has 4 heterocycles. The van der Waals surface area contributed by atoms with Crippen LogP contribution in [0.15, 0.2) is 60.8 Å². The number of H-pyrrole nitrogens is 1. The van der Waals surface area contributed by atoms with Gasteiger partial charge in [0.1, 0.15) is 5.75 Å². The largest absolute Gasteiger partial charge is 0.497 e. The number of amides is 1. The van der Waals surface area contributed by atoms with Crippen LogP contribution in [0.4, 0.5) is 0 Å². The number of aromatic amines is 1. The van der Waals surface area contributed by atoms with Gasteiger partial charge in [0.15, 0.2) is 5.65 Å². The van der Waals surface area contributed by atoms with E-state index in [0.29, 0.717) is 24.6 Å². The Balaban J connectivity index is 1.30. The first kappa shape index (κ1) is 22.3. The van der Waals surface area contributed by atoms with Gasteiger partial charge in [-0.25, -0.2) is 4.98 Å². The highest BCUT2D eigenvalue weighted by molar-refractivity contribution is 6.07. The Labute approximate surface area is 209 Å². The number of rotatable bonds is 4. The summed E-state index contributed by atoms with van der Waals surface area (Å²) in [5, 5.41) is 6.61. The third-order valence-corrected chi connectivity index (χ3v) is 7.41. The standard InChI is InChI=1S/C29H29N5O2/c1-18-27-23(16-26(20-7-5-4-6-8-20)31-28(27)33(2)32-18)29(35)34-13-11-19(12-14-34)24-17-30-25-10-9-21(36-3)15-22(24)25/h4-10,15-17,19,30H,11-14H2,1-3H3. The Morgan fingerprint density at radius 3 is 2.61 bits per heavy atom. The smallest absolute Gasteiger partial charge is 0.254 e. The number of ether oxygens (including phenoxy) is 1. The number of aromatic nitrogens is 4. The van der Waals surface area contributed by atoms with Crippen LogP contribution < -0.4 is 4.74 Å². The average molecular weight is 480 g/mol. The Hall–Kier alpha value is -4.13. The predicted molar refractivity (Wildman–Crippen MR) is 141 cm³/mol. The van der Waals surface area contributed by atoms with Gasteiger partial charge < -0.3 is 14.6 Å². The van der Waals surface area contributed by atoms with Gasteiger partial charge in [0.25, 0.3) is 5.91 Å². The number of carbonyl (C=O) groups is 1. The van der Waals surface area contributed by atoms with Gasteiger partial charge in [-0.05, 0) is 55.5 Å². The number of hydrogen-bond donors (Lipinski definition) is 1. The normalized spacial score (nSPS) is 14.6. The molecule has 1 amide bonds. The topological polar surface area (TPSA) is 76.0 Å². The number of carbonyl (C=O) groups excluding carboxylic acids is 1. The number of benzene rings is 2. The van der Waals surface area contributed by atoms with Crippen LogP contribution in [0, 0.1) is 6.92 Å². The van der Waals surface area contributed by atoms with Crippen molar-refractivity contribution < 1.29 is 9.53 Å². The van der Waals surface area contributed by atoms with Crippen LogP contribution in [0.25, 0.3) is 33.2 Å². The van der Waals surface area contributed by atoms with E-state index in [2.05, 4.69) is 28.4 Å². The van der Waals surface area contributed by atoms with E-state index < -0.39 is 0 Å². The molecule has 182 valence electrons. The third-order valence-electron chi connectivity index (χ3n) is 7.41. The lowest BCUT2D eigenvalue weighted by molar-refractivity contribution is 0.0715. The van der Waals surface area contributed by atoms with Crippen LogP contribution in [-0.2, 0) is 7.05 Å². The summed E-state index contributed by atoms with van der Waals surface area (Å²) >= 11 is 0. The molecule has 5 aromatic rings. The molecule has 3 aromatic heterocycles. The van der Waals surface area contributed by atoms with Crippen molar-refractivity contribution in [3.63, 3.8) is 0 Å². The fourth-order valence-corrected chi connectivity index (χ4v) is 5.52. The van der Waals surface area contributed by atoms with Crippen LogP contribution in [-0.4, -0.2) is 50.8 Å². The highest BCUT2D eigenvalue weighted by atomic mass is 16.5. The molecule has 6 rings (SSSR count). The van der Waals surface area contributed by atoms with Crippen LogP contribution in [0.1, 0.15) is 40.4 Å². The zero-order chi connectivity index (χ0) is 24.8. The number of piperidine rings is 1. The van der Waals surface area contributed by atoms with Crippen molar-refractivity contribution in [3.8, 4) is 17.0 Å². The molecule has 0 unspecified atom stereocenters. The molecule has 7 heteroatoms. The number of aryl methyl sites for hydroxylation is 2. The summed E-state index contributed by atoms with van der Waals surface area (Å²) in [7, 11) is 3.58. The number of hydrogen-bond acceptors (Lipinski definition) is 4. The number of nitrogens with one attached hydrogen (secondary N) is 1. The second-order valence-electron chi connectivity index (χ2n) is 9.55. The van der Waals surface area contributed by atoms with Gasteiger partial charge in [0.2, 0.25) is 0 Å². The molecule has 1 N–H and O–H groups in total. The van der Waals surface area contributed by atoms with Crippen molar-refractivity contribution in [1.29, 1.82) is 0 Å². The van der Waals surface area contributed by atoms with Gasteiger partial charge in [-0.3, -0.25) is 9.48 Å². The molecule has 36 heavy (non-hydrogen) atoms. The summed E-state index contributed by atoms with van der Waals surface area (Å²) in [6, 6.07) is 18.1. The first-order valence-electron chi connectivity index (χ1n) is 12.4. The zero-order valence-electron chi connectivity index (χ0n) is 20.8. The SMILES string of the molecule is COc1ccc2[nH]cc(C3CCN(C(=O)c4cc(-c5ccccc5)nc5c4c(C)nn5C)CC3)c2c1. The molecule has 1 aliphatic heterocycles.